The number of aromatic nitrogens is 4. The van der Waals surface area contributed by atoms with Gasteiger partial charge in [0.05, 0.1) is 23.9 Å². The average Bonchev–Trinajstić information content (AvgIpc) is 3.45. The van der Waals surface area contributed by atoms with Crippen LogP contribution in [0.2, 0.25) is 0 Å². The van der Waals surface area contributed by atoms with Crippen molar-refractivity contribution >= 4 is 39.0 Å². The first-order chi connectivity index (χ1) is 16.6. The van der Waals surface area contributed by atoms with E-state index in [1.54, 1.807) is 23.0 Å². The predicted molar refractivity (Wildman–Crippen MR) is 138 cm³/mol. The highest BCUT2D eigenvalue weighted by molar-refractivity contribution is 7.98. The summed E-state index contributed by atoms with van der Waals surface area (Å²) >= 11 is 3.22. The van der Waals surface area contributed by atoms with Crippen molar-refractivity contribution in [1.29, 1.82) is 0 Å². The fraction of sp³-hybridized carbons (Fsp3) is 0.269. The number of ether oxygens (including phenoxy) is 1. The van der Waals surface area contributed by atoms with E-state index < -0.39 is 0 Å². The lowest BCUT2D eigenvalue weighted by atomic mass is 9.97. The van der Waals surface area contributed by atoms with Gasteiger partial charge in [-0.2, -0.15) is 0 Å². The van der Waals surface area contributed by atoms with Crippen LogP contribution in [0.4, 0.5) is 0 Å². The molecule has 34 heavy (non-hydrogen) atoms. The van der Waals surface area contributed by atoms with Crippen molar-refractivity contribution in [1.82, 2.24) is 18.9 Å². The first-order valence-corrected chi connectivity index (χ1v) is 13.2. The highest BCUT2D eigenvalue weighted by Crippen LogP contribution is 2.36. The van der Waals surface area contributed by atoms with Crippen LogP contribution in [0.5, 0.6) is 5.75 Å². The maximum Gasteiger partial charge on any atom is 0.267 e. The fourth-order valence-electron chi connectivity index (χ4n) is 4.72. The van der Waals surface area contributed by atoms with Crippen LogP contribution in [0.3, 0.4) is 0 Å². The first-order valence-electron chi connectivity index (χ1n) is 11.4. The molecule has 1 aliphatic carbocycles. The van der Waals surface area contributed by atoms with Crippen LogP contribution in [0.15, 0.2) is 58.7 Å². The lowest BCUT2D eigenvalue weighted by Crippen LogP contribution is -2.22. The number of methoxy groups -OCH3 is 1. The Hall–Kier alpha value is -3.10. The number of rotatable bonds is 5. The Labute approximate surface area is 205 Å². The number of thiophene rings is 1. The minimum absolute atomic E-state index is 0.0118. The predicted octanol–water partition coefficient (Wildman–Crippen LogP) is 5.58. The van der Waals surface area contributed by atoms with Crippen LogP contribution in [-0.2, 0) is 18.6 Å². The largest absolute Gasteiger partial charge is 0.495 e. The fourth-order valence-corrected chi connectivity index (χ4v) is 6.91. The molecule has 0 unspecified atom stereocenters. The number of fused-ring (bicyclic) bond motifs is 4. The molecule has 1 aromatic carbocycles. The Kier molecular flexibility index (Phi) is 5.42. The zero-order valence-electron chi connectivity index (χ0n) is 19.1. The molecule has 172 valence electrons. The molecule has 8 heteroatoms. The molecular formula is C26H24N4O2S2. The van der Waals surface area contributed by atoms with Crippen LogP contribution < -0.4 is 10.3 Å². The summed E-state index contributed by atoms with van der Waals surface area (Å²) in [4.78, 5) is 26.0. The van der Waals surface area contributed by atoms with E-state index in [2.05, 4.69) is 13.0 Å². The molecule has 0 N–H and O–H groups in total. The van der Waals surface area contributed by atoms with Crippen molar-refractivity contribution in [3.05, 3.63) is 80.8 Å². The summed E-state index contributed by atoms with van der Waals surface area (Å²) in [5.74, 6) is 1.26. The van der Waals surface area contributed by atoms with Crippen molar-refractivity contribution in [2.45, 2.75) is 43.5 Å². The third-order valence-corrected chi connectivity index (χ3v) is 8.52. The number of hydrogen-bond acceptors (Lipinski definition) is 6. The molecule has 0 saturated carbocycles. The van der Waals surface area contributed by atoms with Gasteiger partial charge in [0.25, 0.3) is 5.56 Å². The second-order valence-corrected chi connectivity index (χ2v) is 10.6. The molecule has 6 rings (SSSR count). The number of nitrogens with zero attached hydrogens (tertiary/aromatic N) is 4. The molecule has 1 aliphatic rings. The average molecular weight is 489 g/mol. The maximum atomic E-state index is 14.0. The molecule has 0 amide bonds. The molecule has 0 aliphatic heterocycles. The van der Waals surface area contributed by atoms with E-state index in [0.29, 0.717) is 22.3 Å². The smallest absolute Gasteiger partial charge is 0.267 e. The summed E-state index contributed by atoms with van der Waals surface area (Å²) in [7, 11) is 1.63. The molecule has 0 bridgehead atoms. The molecule has 0 atom stereocenters. The van der Waals surface area contributed by atoms with E-state index in [1.807, 2.05) is 47.1 Å². The number of aryl methyl sites for hydroxylation is 3. The van der Waals surface area contributed by atoms with Gasteiger partial charge in [0, 0.05) is 23.0 Å². The van der Waals surface area contributed by atoms with E-state index in [4.69, 9.17) is 14.7 Å². The molecule has 6 nitrogen and oxygen atoms in total. The first kappa shape index (κ1) is 21.4. The highest BCUT2D eigenvalue weighted by Gasteiger charge is 2.24. The van der Waals surface area contributed by atoms with Gasteiger partial charge in [0.1, 0.15) is 16.2 Å². The van der Waals surface area contributed by atoms with Gasteiger partial charge in [-0.05, 0) is 61.9 Å². The molecule has 4 heterocycles. The zero-order valence-corrected chi connectivity index (χ0v) is 20.7. The third-order valence-electron chi connectivity index (χ3n) is 6.36. The second-order valence-electron chi connectivity index (χ2n) is 8.54. The number of pyridine rings is 1. The van der Waals surface area contributed by atoms with Gasteiger partial charge in [-0.15, -0.1) is 11.3 Å². The Morgan fingerprint density at radius 1 is 1.12 bits per heavy atom. The Morgan fingerprint density at radius 3 is 2.82 bits per heavy atom. The van der Waals surface area contributed by atoms with E-state index >= 15 is 0 Å². The summed E-state index contributed by atoms with van der Waals surface area (Å²) in [6.45, 7) is 2.06. The van der Waals surface area contributed by atoms with Gasteiger partial charge in [0.2, 0.25) is 0 Å². The van der Waals surface area contributed by atoms with E-state index in [-0.39, 0.29) is 5.56 Å². The van der Waals surface area contributed by atoms with Gasteiger partial charge in [-0.1, -0.05) is 30.0 Å². The van der Waals surface area contributed by atoms with Crippen LogP contribution >= 0.6 is 23.1 Å². The van der Waals surface area contributed by atoms with Gasteiger partial charge in [-0.3, -0.25) is 9.36 Å². The Morgan fingerprint density at radius 2 is 1.97 bits per heavy atom. The molecule has 0 fully saturated rings. The van der Waals surface area contributed by atoms with Crippen LogP contribution in [0, 0.1) is 6.92 Å². The SMILES string of the molecule is COc1ccccc1-n1c(SCc2cn3cccc(C)c3n2)nc2sc3c(c2c1=O)CCCC3. The Bertz CT molecular complexity index is 1600. The number of benzene rings is 1. The zero-order chi connectivity index (χ0) is 23.2. The van der Waals surface area contributed by atoms with Crippen LogP contribution in [0.25, 0.3) is 21.6 Å². The summed E-state index contributed by atoms with van der Waals surface area (Å²) < 4.78 is 9.40. The standard InChI is InChI=1S/C26H24N4O2S2/c1-16-8-7-13-29-14-17(27-23(16)29)15-33-26-28-24-22(18-9-3-6-12-21(18)34-24)25(31)30(26)19-10-4-5-11-20(19)32-2/h4-5,7-8,10-11,13-14H,3,6,9,12,15H2,1-2H3. The minimum Gasteiger partial charge on any atom is -0.495 e. The van der Waals surface area contributed by atoms with Crippen LogP contribution in [-0.4, -0.2) is 26.0 Å². The minimum atomic E-state index is -0.0118. The van der Waals surface area contributed by atoms with E-state index in [1.165, 1.54) is 28.6 Å². The van der Waals surface area contributed by atoms with Crippen molar-refractivity contribution in [2.75, 3.05) is 7.11 Å². The van der Waals surface area contributed by atoms with Gasteiger partial charge in [-0.25, -0.2) is 9.97 Å². The summed E-state index contributed by atoms with van der Waals surface area (Å²) in [6, 6.07) is 11.7. The van der Waals surface area contributed by atoms with Gasteiger partial charge < -0.3 is 9.14 Å². The normalized spacial score (nSPS) is 13.5. The summed E-state index contributed by atoms with van der Waals surface area (Å²) in [5, 5.41) is 1.44. The molecular weight excluding hydrogens is 464 g/mol. The van der Waals surface area contributed by atoms with E-state index in [9.17, 15) is 4.79 Å². The quantitative estimate of drug-likeness (QED) is 0.239. The van der Waals surface area contributed by atoms with Crippen molar-refractivity contribution < 1.29 is 4.74 Å². The lowest BCUT2D eigenvalue weighted by molar-refractivity contribution is 0.411. The monoisotopic (exact) mass is 488 g/mol. The summed E-state index contributed by atoms with van der Waals surface area (Å²) in [6.07, 6.45) is 8.34. The van der Waals surface area contributed by atoms with Gasteiger partial charge in [0.15, 0.2) is 5.16 Å². The van der Waals surface area contributed by atoms with Gasteiger partial charge >= 0.3 is 0 Å². The third kappa shape index (κ3) is 3.52. The lowest BCUT2D eigenvalue weighted by Gasteiger charge is -2.15. The number of para-hydroxylation sites is 2. The molecule has 0 radical (unpaired) electrons. The maximum absolute atomic E-state index is 14.0. The number of thioether (sulfide) groups is 1. The molecule has 4 aromatic heterocycles. The number of hydrogen-bond donors (Lipinski definition) is 0. The van der Waals surface area contributed by atoms with E-state index in [0.717, 1.165) is 46.4 Å². The molecule has 5 aromatic rings. The highest BCUT2D eigenvalue weighted by atomic mass is 32.2. The molecule has 0 spiro atoms. The summed E-state index contributed by atoms with van der Waals surface area (Å²) in [5.41, 5.74) is 4.93. The topological polar surface area (TPSA) is 61.4 Å². The van der Waals surface area contributed by atoms with Crippen LogP contribution in [0.1, 0.15) is 34.5 Å². The van der Waals surface area contributed by atoms with Crippen molar-refractivity contribution in [2.24, 2.45) is 0 Å². The Balaban J connectivity index is 1.50. The number of imidazole rings is 1. The molecule has 0 saturated heterocycles. The van der Waals surface area contributed by atoms with Crippen molar-refractivity contribution in [3.8, 4) is 11.4 Å². The van der Waals surface area contributed by atoms with Crippen molar-refractivity contribution in [3.63, 3.8) is 0 Å². The second kappa shape index (κ2) is 8.60.